The van der Waals surface area contributed by atoms with Gasteiger partial charge in [-0.25, -0.2) is 0 Å². The SMILES string of the molecule is C=CCCCCC(=O)OC[C@H](Cc1ccccc1)NC(=O)[C@H](CC=C)CC(=O)N(CCO)Cc1ccccc1. The van der Waals surface area contributed by atoms with Crippen LogP contribution in [0.15, 0.2) is 86.0 Å². The molecular weight excluding hydrogens is 492 g/mol. The van der Waals surface area contributed by atoms with Crippen LogP contribution in [0, 0.1) is 5.92 Å². The zero-order chi connectivity index (χ0) is 28.3. The Balaban J connectivity index is 2.05. The average Bonchev–Trinajstić information content (AvgIpc) is 2.94. The van der Waals surface area contributed by atoms with Gasteiger partial charge in [0.1, 0.15) is 6.61 Å². The van der Waals surface area contributed by atoms with Crippen molar-refractivity contribution in [2.45, 2.75) is 57.5 Å². The van der Waals surface area contributed by atoms with Crippen molar-refractivity contribution in [2.75, 3.05) is 19.8 Å². The van der Waals surface area contributed by atoms with E-state index in [0.29, 0.717) is 25.8 Å². The number of carbonyl (C=O) groups is 3. The van der Waals surface area contributed by atoms with Crippen LogP contribution < -0.4 is 5.32 Å². The van der Waals surface area contributed by atoms with Gasteiger partial charge in [-0.3, -0.25) is 14.4 Å². The monoisotopic (exact) mass is 534 g/mol. The molecule has 0 fully saturated rings. The van der Waals surface area contributed by atoms with E-state index in [2.05, 4.69) is 18.5 Å². The number of benzene rings is 2. The van der Waals surface area contributed by atoms with E-state index in [9.17, 15) is 19.5 Å². The molecule has 0 radical (unpaired) electrons. The van der Waals surface area contributed by atoms with Crippen molar-refractivity contribution in [3.8, 4) is 0 Å². The molecule has 0 spiro atoms. The van der Waals surface area contributed by atoms with Gasteiger partial charge in [0, 0.05) is 25.9 Å². The van der Waals surface area contributed by atoms with Crippen molar-refractivity contribution in [1.82, 2.24) is 10.2 Å². The molecule has 2 aromatic rings. The minimum absolute atomic E-state index is 0.0220. The molecule has 39 heavy (non-hydrogen) atoms. The molecule has 0 bridgehead atoms. The van der Waals surface area contributed by atoms with Gasteiger partial charge in [0.25, 0.3) is 0 Å². The van der Waals surface area contributed by atoms with Gasteiger partial charge in [0.2, 0.25) is 11.8 Å². The van der Waals surface area contributed by atoms with Gasteiger partial charge < -0.3 is 20.1 Å². The molecule has 0 aliphatic carbocycles. The van der Waals surface area contributed by atoms with E-state index in [-0.39, 0.29) is 44.0 Å². The third-order valence-corrected chi connectivity index (χ3v) is 6.34. The molecule has 0 aromatic heterocycles. The first-order valence-electron chi connectivity index (χ1n) is 13.6. The van der Waals surface area contributed by atoms with Crippen molar-refractivity contribution in [2.24, 2.45) is 5.92 Å². The predicted molar refractivity (Wildman–Crippen MR) is 154 cm³/mol. The van der Waals surface area contributed by atoms with Gasteiger partial charge in [0.05, 0.1) is 18.6 Å². The summed E-state index contributed by atoms with van der Waals surface area (Å²) in [7, 11) is 0. The fourth-order valence-corrected chi connectivity index (χ4v) is 4.23. The second-order valence-electron chi connectivity index (χ2n) is 9.56. The number of nitrogens with zero attached hydrogens (tertiary/aromatic N) is 1. The molecular formula is C32H42N2O5. The van der Waals surface area contributed by atoms with E-state index in [4.69, 9.17) is 4.74 Å². The Labute approximate surface area is 232 Å². The van der Waals surface area contributed by atoms with Crippen molar-refractivity contribution < 1.29 is 24.2 Å². The van der Waals surface area contributed by atoms with E-state index in [1.807, 2.05) is 66.7 Å². The highest BCUT2D eigenvalue weighted by atomic mass is 16.5. The number of aliphatic hydroxyl groups excluding tert-OH is 1. The highest BCUT2D eigenvalue weighted by Gasteiger charge is 2.26. The molecule has 7 nitrogen and oxygen atoms in total. The van der Waals surface area contributed by atoms with E-state index in [1.54, 1.807) is 11.0 Å². The molecule has 2 N–H and O–H groups in total. The van der Waals surface area contributed by atoms with Crippen LogP contribution in [0.2, 0.25) is 0 Å². The summed E-state index contributed by atoms with van der Waals surface area (Å²) in [5.74, 6) is -1.46. The van der Waals surface area contributed by atoms with Crippen molar-refractivity contribution in [1.29, 1.82) is 0 Å². The lowest BCUT2D eigenvalue weighted by atomic mass is 9.98. The Hall–Kier alpha value is -3.71. The summed E-state index contributed by atoms with van der Waals surface area (Å²) in [5.41, 5.74) is 1.94. The van der Waals surface area contributed by atoms with Crippen molar-refractivity contribution >= 4 is 17.8 Å². The maximum Gasteiger partial charge on any atom is 0.305 e. The van der Waals surface area contributed by atoms with Crippen LogP contribution in [0.4, 0.5) is 0 Å². The second-order valence-corrected chi connectivity index (χ2v) is 9.56. The molecule has 0 saturated carbocycles. The number of hydrogen-bond acceptors (Lipinski definition) is 5. The number of unbranched alkanes of at least 4 members (excludes halogenated alkanes) is 2. The van der Waals surface area contributed by atoms with E-state index in [0.717, 1.165) is 30.4 Å². The summed E-state index contributed by atoms with van der Waals surface area (Å²) in [6.07, 6.45) is 6.99. The average molecular weight is 535 g/mol. The molecule has 2 amide bonds. The Morgan fingerprint density at radius 3 is 2.23 bits per heavy atom. The summed E-state index contributed by atoms with van der Waals surface area (Å²) < 4.78 is 5.51. The van der Waals surface area contributed by atoms with Crippen molar-refractivity contribution in [3.05, 3.63) is 97.1 Å². The Bertz CT molecular complexity index is 1030. The van der Waals surface area contributed by atoms with Gasteiger partial charge in [-0.2, -0.15) is 0 Å². The first kappa shape index (κ1) is 31.5. The zero-order valence-electron chi connectivity index (χ0n) is 22.8. The summed E-state index contributed by atoms with van der Waals surface area (Å²) in [6.45, 7) is 7.85. The lowest BCUT2D eigenvalue weighted by Gasteiger charge is -2.26. The van der Waals surface area contributed by atoms with Gasteiger partial charge in [-0.05, 0) is 43.2 Å². The van der Waals surface area contributed by atoms with Crippen LogP contribution in [0.25, 0.3) is 0 Å². The lowest BCUT2D eigenvalue weighted by molar-refractivity contribution is -0.145. The number of ether oxygens (including phenoxy) is 1. The number of hydrogen-bond donors (Lipinski definition) is 2. The molecule has 0 aliphatic heterocycles. The first-order valence-corrected chi connectivity index (χ1v) is 13.6. The molecule has 7 heteroatoms. The second kappa shape index (κ2) is 18.5. The van der Waals surface area contributed by atoms with Crippen LogP contribution in [-0.4, -0.2) is 53.6 Å². The normalized spacial score (nSPS) is 12.1. The molecule has 2 atom stereocenters. The Morgan fingerprint density at radius 2 is 1.62 bits per heavy atom. The molecule has 2 rings (SSSR count). The first-order chi connectivity index (χ1) is 19.0. The summed E-state index contributed by atoms with van der Waals surface area (Å²) >= 11 is 0. The van der Waals surface area contributed by atoms with Gasteiger partial charge in [0.15, 0.2) is 0 Å². The van der Waals surface area contributed by atoms with Crippen LogP contribution in [0.5, 0.6) is 0 Å². The van der Waals surface area contributed by atoms with Crippen LogP contribution in [0.3, 0.4) is 0 Å². The number of rotatable bonds is 19. The Kier molecular flexibility index (Phi) is 15.0. The zero-order valence-corrected chi connectivity index (χ0v) is 22.8. The van der Waals surface area contributed by atoms with E-state index >= 15 is 0 Å². The third-order valence-electron chi connectivity index (χ3n) is 6.34. The number of esters is 1. The molecule has 0 heterocycles. The highest BCUT2D eigenvalue weighted by molar-refractivity contribution is 5.86. The molecule has 0 saturated heterocycles. The maximum absolute atomic E-state index is 13.4. The van der Waals surface area contributed by atoms with Crippen LogP contribution in [0.1, 0.15) is 49.7 Å². The number of nitrogens with one attached hydrogen (secondary N) is 1. The standard InChI is InChI=1S/C32H42N2O5/c1-3-5-6-13-19-31(37)39-25-29(22-26-15-9-7-10-16-26)33-32(38)28(14-4-2)23-30(36)34(20-21-35)24-27-17-11-8-12-18-27/h3-4,7-12,15-18,28-29,35H,1-2,5-6,13-14,19-25H2,(H,33,38)/t28-,29+/m1/s1. The molecule has 0 aliphatic rings. The van der Waals surface area contributed by atoms with Crippen LogP contribution in [-0.2, 0) is 32.1 Å². The number of aliphatic hydroxyl groups is 1. The maximum atomic E-state index is 13.4. The third kappa shape index (κ3) is 12.6. The topological polar surface area (TPSA) is 95.9 Å². The number of allylic oxidation sites excluding steroid dienone is 2. The molecule has 0 unspecified atom stereocenters. The fourth-order valence-electron chi connectivity index (χ4n) is 4.23. The largest absolute Gasteiger partial charge is 0.463 e. The fraction of sp³-hybridized carbons (Fsp3) is 0.406. The minimum atomic E-state index is -0.639. The molecule has 210 valence electrons. The summed E-state index contributed by atoms with van der Waals surface area (Å²) in [4.78, 5) is 40.4. The van der Waals surface area contributed by atoms with Gasteiger partial charge in [-0.15, -0.1) is 13.2 Å². The number of amides is 2. The highest BCUT2D eigenvalue weighted by Crippen LogP contribution is 2.16. The summed E-state index contributed by atoms with van der Waals surface area (Å²) in [5, 5.41) is 12.5. The number of carbonyl (C=O) groups excluding carboxylic acids is 3. The summed E-state index contributed by atoms with van der Waals surface area (Å²) in [6, 6.07) is 18.7. The van der Waals surface area contributed by atoms with Gasteiger partial charge in [-0.1, -0.05) is 72.8 Å². The molecule has 2 aromatic carbocycles. The van der Waals surface area contributed by atoms with E-state index in [1.165, 1.54) is 0 Å². The van der Waals surface area contributed by atoms with Crippen LogP contribution >= 0.6 is 0 Å². The predicted octanol–water partition coefficient (Wildman–Crippen LogP) is 4.61. The van der Waals surface area contributed by atoms with Gasteiger partial charge >= 0.3 is 5.97 Å². The Morgan fingerprint density at radius 1 is 0.949 bits per heavy atom. The van der Waals surface area contributed by atoms with E-state index < -0.39 is 12.0 Å². The van der Waals surface area contributed by atoms with Crippen molar-refractivity contribution in [3.63, 3.8) is 0 Å². The smallest absolute Gasteiger partial charge is 0.305 e. The lowest BCUT2D eigenvalue weighted by Crippen LogP contribution is -2.44. The minimum Gasteiger partial charge on any atom is -0.463 e. The quantitative estimate of drug-likeness (QED) is 0.156.